The van der Waals surface area contributed by atoms with E-state index in [1.54, 1.807) is 66.7 Å². The van der Waals surface area contributed by atoms with Crippen LogP contribution in [0.4, 0.5) is 5.69 Å². The fourth-order valence-corrected chi connectivity index (χ4v) is 3.89. The Labute approximate surface area is 240 Å². The summed E-state index contributed by atoms with van der Waals surface area (Å²) in [4.78, 5) is 37.3. The zero-order chi connectivity index (χ0) is 28.3. The molecule has 4 aromatic carbocycles. The maximum Gasteiger partial charge on any atom is 0.343 e. The van der Waals surface area contributed by atoms with Crippen molar-refractivity contribution in [3.8, 4) is 11.5 Å². The molecule has 202 valence electrons. The summed E-state index contributed by atoms with van der Waals surface area (Å²) in [5.74, 6) is -0.430. The van der Waals surface area contributed by atoms with Gasteiger partial charge in [-0.05, 0) is 84.8 Å². The first-order valence-electron chi connectivity index (χ1n) is 12.4. The van der Waals surface area contributed by atoms with Crippen molar-refractivity contribution in [2.24, 2.45) is 5.10 Å². The van der Waals surface area contributed by atoms with Gasteiger partial charge in [-0.2, -0.15) is 5.10 Å². The third-order valence-electron chi connectivity index (χ3n) is 5.57. The highest BCUT2D eigenvalue weighted by molar-refractivity contribution is 9.10. The van der Waals surface area contributed by atoms with Crippen LogP contribution >= 0.6 is 15.9 Å². The number of rotatable bonds is 10. The second-order valence-electron chi connectivity index (χ2n) is 8.52. The zero-order valence-electron chi connectivity index (χ0n) is 21.6. The minimum atomic E-state index is -0.510. The van der Waals surface area contributed by atoms with Gasteiger partial charge >= 0.3 is 5.97 Å². The van der Waals surface area contributed by atoms with Crippen LogP contribution in [0.15, 0.2) is 107 Å². The number of halogens is 1. The largest absolute Gasteiger partial charge is 0.490 e. The van der Waals surface area contributed by atoms with E-state index in [1.807, 2.05) is 37.3 Å². The van der Waals surface area contributed by atoms with Gasteiger partial charge in [0.1, 0.15) is 0 Å². The Balaban J connectivity index is 1.33. The molecule has 0 aliphatic heterocycles. The predicted molar refractivity (Wildman–Crippen MR) is 157 cm³/mol. The standard InChI is InChI=1S/C31H26BrN3O5/c1-2-39-28-18-22(8-17-27(28)40-31(38)24-9-13-25(32)14-10-24)20-33-35-30(37)23-11-15-26(16-12-23)34-29(36)19-21-6-4-3-5-7-21/h3-18,20H,2,19H2,1H3,(H,34,36)(H,35,37)/b33-20-. The van der Waals surface area contributed by atoms with E-state index in [1.165, 1.54) is 6.21 Å². The molecule has 2 N–H and O–H groups in total. The smallest absolute Gasteiger partial charge is 0.343 e. The maximum atomic E-state index is 12.5. The average molecular weight is 600 g/mol. The van der Waals surface area contributed by atoms with Crippen LogP contribution in [0.1, 0.15) is 38.8 Å². The Morgan fingerprint density at radius 2 is 1.55 bits per heavy atom. The van der Waals surface area contributed by atoms with Gasteiger partial charge in [0.05, 0.1) is 24.8 Å². The lowest BCUT2D eigenvalue weighted by Crippen LogP contribution is -2.18. The molecule has 0 heterocycles. The highest BCUT2D eigenvalue weighted by Gasteiger charge is 2.13. The number of nitrogens with zero attached hydrogens (tertiary/aromatic N) is 1. The topological polar surface area (TPSA) is 106 Å². The van der Waals surface area contributed by atoms with Gasteiger partial charge in [-0.15, -0.1) is 0 Å². The Morgan fingerprint density at radius 3 is 2.25 bits per heavy atom. The number of anilines is 1. The van der Waals surface area contributed by atoms with Crippen molar-refractivity contribution in [2.45, 2.75) is 13.3 Å². The minimum Gasteiger partial charge on any atom is -0.490 e. The number of nitrogens with one attached hydrogen (secondary N) is 2. The van der Waals surface area contributed by atoms with Gasteiger partial charge in [0, 0.05) is 15.7 Å². The molecule has 8 nitrogen and oxygen atoms in total. The molecule has 2 amide bonds. The fraction of sp³-hybridized carbons (Fsp3) is 0.0968. The number of hydrazone groups is 1. The van der Waals surface area contributed by atoms with E-state index in [2.05, 4.69) is 31.8 Å². The van der Waals surface area contributed by atoms with Crippen molar-refractivity contribution in [1.82, 2.24) is 5.43 Å². The van der Waals surface area contributed by atoms with E-state index in [9.17, 15) is 14.4 Å². The summed E-state index contributed by atoms with van der Waals surface area (Å²) in [5, 5.41) is 6.84. The third-order valence-corrected chi connectivity index (χ3v) is 6.10. The summed E-state index contributed by atoms with van der Waals surface area (Å²) in [7, 11) is 0. The summed E-state index contributed by atoms with van der Waals surface area (Å²) >= 11 is 3.34. The predicted octanol–water partition coefficient (Wildman–Crippen LogP) is 6.01. The number of hydrogen-bond donors (Lipinski definition) is 2. The Bertz CT molecular complexity index is 1500. The average Bonchev–Trinajstić information content (AvgIpc) is 2.95. The van der Waals surface area contributed by atoms with Crippen LogP contribution in [0.25, 0.3) is 0 Å². The first-order chi connectivity index (χ1) is 19.4. The summed E-state index contributed by atoms with van der Waals surface area (Å²) in [5.41, 5.74) is 5.39. The molecule has 4 aromatic rings. The molecular formula is C31H26BrN3O5. The number of carbonyl (C=O) groups excluding carboxylic acids is 3. The van der Waals surface area contributed by atoms with Crippen molar-refractivity contribution in [1.29, 1.82) is 0 Å². The number of carbonyl (C=O) groups is 3. The number of hydrogen-bond acceptors (Lipinski definition) is 6. The molecular weight excluding hydrogens is 574 g/mol. The van der Waals surface area contributed by atoms with Crippen molar-refractivity contribution >= 4 is 45.6 Å². The normalized spacial score (nSPS) is 10.7. The Kier molecular flexibility index (Phi) is 9.79. The molecule has 0 bridgehead atoms. The lowest BCUT2D eigenvalue weighted by atomic mass is 10.1. The second-order valence-corrected chi connectivity index (χ2v) is 9.44. The van der Waals surface area contributed by atoms with E-state index < -0.39 is 11.9 Å². The van der Waals surface area contributed by atoms with Crippen LogP contribution in [0.3, 0.4) is 0 Å². The van der Waals surface area contributed by atoms with Crippen molar-refractivity contribution in [2.75, 3.05) is 11.9 Å². The number of ether oxygens (including phenoxy) is 2. The van der Waals surface area contributed by atoms with Crippen molar-refractivity contribution < 1.29 is 23.9 Å². The minimum absolute atomic E-state index is 0.145. The van der Waals surface area contributed by atoms with E-state index >= 15 is 0 Å². The quantitative estimate of drug-likeness (QED) is 0.100. The molecule has 0 radical (unpaired) electrons. The monoisotopic (exact) mass is 599 g/mol. The van der Waals surface area contributed by atoms with Crippen LogP contribution in [0.5, 0.6) is 11.5 Å². The second kappa shape index (κ2) is 13.9. The van der Waals surface area contributed by atoms with Crippen LogP contribution in [0, 0.1) is 0 Å². The SMILES string of the molecule is CCOc1cc(/C=N\NC(=O)c2ccc(NC(=O)Cc3ccccc3)cc2)ccc1OC(=O)c1ccc(Br)cc1. The molecule has 0 unspecified atom stereocenters. The van der Waals surface area contributed by atoms with E-state index in [-0.39, 0.29) is 18.1 Å². The van der Waals surface area contributed by atoms with Crippen molar-refractivity contribution in [3.63, 3.8) is 0 Å². The molecule has 0 fully saturated rings. The molecule has 0 atom stereocenters. The first kappa shape index (κ1) is 28.3. The van der Waals surface area contributed by atoms with Gasteiger partial charge in [0.2, 0.25) is 5.91 Å². The molecule has 0 aliphatic rings. The van der Waals surface area contributed by atoms with Gasteiger partial charge in [0.25, 0.3) is 5.91 Å². The van der Waals surface area contributed by atoms with Crippen molar-refractivity contribution in [3.05, 3.63) is 124 Å². The van der Waals surface area contributed by atoms with Gasteiger partial charge in [-0.3, -0.25) is 9.59 Å². The summed E-state index contributed by atoms with van der Waals surface area (Å²) in [6, 6.07) is 27.8. The Hall–Kier alpha value is -4.76. The highest BCUT2D eigenvalue weighted by atomic mass is 79.9. The molecule has 0 saturated carbocycles. The number of amides is 2. The molecule has 0 aromatic heterocycles. The molecule has 0 spiro atoms. The summed E-state index contributed by atoms with van der Waals surface area (Å²) in [6.07, 6.45) is 1.72. The first-order valence-corrected chi connectivity index (χ1v) is 13.2. The molecule has 9 heteroatoms. The van der Waals surface area contributed by atoms with Gasteiger partial charge in [-0.25, -0.2) is 10.2 Å². The van der Waals surface area contributed by atoms with E-state index in [0.29, 0.717) is 34.7 Å². The van der Waals surface area contributed by atoms with Crippen LogP contribution < -0.4 is 20.2 Å². The van der Waals surface area contributed by atoms with Gasteiger partial charge in [0.15, 0.2) is 11.5 Å². The maximum absolute atomic E-state index is 12.5. The van der Waals surface area contributed by atoms with Crippen LogP contribution in [-0.2, 0) is 11.2 Å². The lowest BCUT2D eigenvalue weighted by molar-refractivity contribution is -0.115. The highest BCUT2D eigenvalue weighted by Crippen LogP contribution is 2.29. The Morgan fingerprint density at radius 1 is 0.850 bits per heavy atom. The third kappa shape index (κ3) is 8.12. The summed E-state index contributed by atoms with van der Waals surface area (Å²) in [6.45, 7) is 2.18. The number of benzene rings is 4. The summed E-state index contributed by atoms with van der Waals surface area (Å²) < 4.78 is 12.0. The van der Waals surface area contributed by atoms with E-state index in [0.717, 1.165) is 10.0 Å². The number of esters is 1. The molecule has 40 heavy (non-hydrogen) atoms. The van der Waals surface area contributed by atoms with E-state index in [4.69, 9.17) is 9.47 Å². The lowest BCUT2D eigenvalue weighted by Gasteiger charge is -2.11. The fourth-order valence-electron chi connectivity index (χ4n) is 3.62. The molecule has 4 rings (SSSR count). The van der Waals surface area contributed by atoms with Crippen LogP contribution in [0.2, 0.25) is 0 Å². The van der Waals surface area contributed by atoms with Gasteiger partial charge < -0.3 is 14.8 Å². The molecule has 0 aliphatic carbocycles. The zero-order valence-corrected chi connectivity index (χ0v) is 23.2. The van der Waals surface area contributed by atoms with Crippen LogP contribution in [-0.4, -0.2) is 30.6 Å². The van der Waals surface area contributed by atoms with Gasteiger partial charge in [-0.1, -0.05) is 46.3 Å². The molecule has 0 saturated heterocycles.